The molecule has 0 N–H and O–H groups in total. The van der Waals surface area contributed by atoms with Gasteiger partial charge in [-0.25, -0.2) is 2.92 Å². The molecule has 0 aromatic carbocycles. The van der Waals surface area contributed by atoms with Crippen molar-refractivity contribution in [1.82, 2.24) is 0 Å². The first-order valence-electron chi connectivity index (χ1n) is 0.309. The molecular weight excluding hydrogens is 328 g/mol. The second kappa shape index (κ2) is 9.09. The molecule has 0 atom stereocenters. The third-order valence-corrected chi connectivity index (χ3v) is 0. The molecule has 0 amide bonds. The first-order chi connectivity index (χ1) is 1.41. The van der Waals surface area contributed by atoms with Crippen LogP contribution in [-0.2, 0) is 2.92 Å². The molecule has 0 saturated heterocycles. The zero-order valence-corrected chi connectivity index (χ0v) is 7.14. The molecule has 0 fully saturated rings. The van der Waals surface area contributed by atoms with E-state index in [1.54, 1.807) is 0 Å². The monoisotopic (exact) mass is 327 g/mol. The van der Waals surface area contributed by atoms with Crippen LogP contribution in [0.5, 0.6) is 0 Å². The Morgan fingerprint density at radius 2 is 1.25 bits per heavy atom. The Labute approximate surface area is 82.9 Å². The van der Waals surface area contributed by atoms with E-state index >= 15 is 0 Å². The van der Waals surface area contributed by atoms with Crippen LogP contribution in [0, 0.1) is 49.4 Å². The topological polar surface area (TPSA) is 9.23 Å². The largest absolute Gasteiger partial charge is 0.230 e. The van der Waals surface area contributed by atoms with E-state index in [-0.39, 0.29) is 49.4 Å². The summed E-state index contributed by atoms with van der Waals surface area (Å²) in [7, 11) is 0. The molecule has 1 radical (unpaired) electrons. The van der Waals surface area contributed by atoms with Crippen LogP contribution in [0.15, 0.2) is 0 Å². The number of hydrogen-bond donors (Lipinski definition) is 0. The molecule has 0 unspecified atom stereocenters. The Morgan fingerprint density at radius 1 is 1.25 bits per heavy atom. The van der Waals surface area contributed by atoms with Gasteiger partial charge in [-0.15, -0.1) is 0 Å². The first kappa shape index (κ1) is 9.71. The average molecular weight is 328 g/mol. The van der Waals surface area contributed by atoms with E-state index in [1.165, 1.54) is 0 Å². The molecule has 1 nitrogen and oxygen atoms in total. The summed E-state index contributed by atoms with van der Waals surface area (Å²) in [6.07, 6.45) is 0. The minimum atomic E-state index is 0. The molecular formula is Br2EuO. The van der Waals surface area contributed by atoms with Crippen molar-refractivity contribution in [2.75, 3.05) is 0 Å². The Morgan fingerprint density at radius 3 is 1.25 bits per heavy atom. The Balaban J connectivity index is 0. The van der Waals surface area contributed by atoms with Crippen LogP contribution in [0.2, 0.25) is 0 Å². The van der Waals surface area contributed by atoms with Gasteiger partial charge >= 0.3 is 0 Å². The van der Waals surface area contributed by atoms with E-state index in [1.807, 2.05) is 0 Å². The van der Waals surface area contributed by atoms with Crippen LogP contribution >= 0.6 is 32.5 Å². The maximum Gasteiger partial charge on any atom is 0.115 e. The predicted molar refractivity (Wildman–Crippen MR) is 18.9 cm³/mol. The Kier molecular flexibility index (Phi) is 22.1. The summed E-state index contributed by atoms with van der Waals surface area (Å²) >= 11 is 5.12. The second-order valence-corrected chi connectivity index (χ2v) is 1.57. The third kappa shape index (κ3) is 8.82. The maximum atomic E-state index is 3.88. The number of rotatable bonds is 0. The van der Waals surface area contributed by atoms with Crippen molar-refractivity contribution in [1.29, 1.82) is 0 Å². The van der Waals surface area contributed by atoms with E-state index in [4.69, 9.17) is 0 Å². The number of hydrogen-bond acceptors (Lipinski definition) is 1. The van der Waals surface area contributed by atoms with E-state index in [0.29, 0.717) is 0 Å². The minimum Gasteiger partial charge on any atom is -0.230 e. The normalized spacial score (nSPS) is 4.50. The standard InChI is InChI=1S/Br2O.Eu/c1-3-2;. The molecule has 0 aliphatic rings. The van der Waals surface area contributed by atoms with E-state index in [9.17, 15) is 0 Å². The second-order valence-electron chi connectivity index (χ2n) is 0.0583. The van der Waals surface area contributed by atoms with Gasteiger partial charge in [0.25, 0.3) is 0 Å². The Hall–Kier alpha value is 2.50. The van der Waals surface area contributed by atoms with Crippen molar-refractivity contribution in [3.63, 3.8) is 0 Å². The molecule has 0 saturated carbocycles. The van der Waals surface area contributed by atoms with E-state index < -0.39 is 0 Å². The number of halogens is 2. The van der Waals surface area contributed by atoms with Crippen LogP contribution in [0.4, 0.5) is 0 Å². The van der Waals surface area contributed by atoms with Gasteiger partial charge in [-0.05, 0) is 0 Å². The minimum absolute atomic E-state index is 0. The van der Waals surface area contributed by atoms with Crippen molar-refractivity contribution in [2.24, 2.45) is 0 Å². The average Bonchev–Trinajstić information content (AvgIpc) is 0.918. The van der Waals surface area contributed by atoms with Gasteiger partial charge in [0.1, 0.15) is 32.5 Å². The molecule has 0 aliphatic carbocycles. The molecule has 4 heteroatoms. The van der Waals surface area contributed by atoms with E-state index in [2.05, 4.69) is 35.4 Å². The van der Waals surface area contributed by atoms with Gasteiger partial charge in [-0.1, -0.05) is 0 Å². The SMILES string of the molecule is BrOBr.[Eu]. The van der Waals surface area contributed by atoms with Gasteiger partial charge in [0.15, 0.2) is 0 Å². The van der Waals surface area contributed by atoms with Gasteiger partial charge in [-0.3, -0.25) is 0 Å². The van der Waals surface area contributed by atoms with Crippen molar-refractivity contribution in [3.05, 3.63) is 0 Å². The molecule has 27 valence electrons. The van der Waals surface area contributed by atoms with Crippen molar-refractivity contribution in [2.45, 2.75) is 0 Å². The van der Waals surface area contributed by atoms with Crippen LogP contribution in [0.3, 0.4) is 0 Å². The summed E-state index contributed by atoms with van der Waals surface area (Å²) in [5.74, 6) is 0. The van der Waals surface area contributed by atoms with Crippen LogP contribution in [-0.4, -0.2) is 0 Å². The van der Waals surface area contributed by atoms with Crippen molar-refractivity contribution < 1.29 is 52.3 Å². The van der Waals surface area contributed by atoms with Gasteiger partial charge in [0.2, 0.25) is 0 Å². The molecule has 0 heterocycles. The smallest absolute Gasteiger partial charge is 0.115 e. The molecule has 0 rings (SSSR count). The fraction of sp³-hybridized carbons (Fsp3) is 0. The summed E-state index contributed by atoms with van der Waals surface area (Å²) < 4.78 is 3.88. The summed E-state index contributed by atoms with van der Waals surface area (Å²) in [5.41, 5.74) is 0. The van der Waals surface area contributed by atoms with Gasteiger partial charge < -0.3 is 0 Å². The summed E-state index contributed by atoms with van der Waals surface area (Å²) in [5, 5.41) is 0. The summed E-state index contributed by atoms with van der Waals surface area (Å²) in [4.78, 5) is 0. The fourth-order valence-corrected chi connectivity index (χ4v) is 0. The van der Waals surface area contributed by atoms with Gasteiger partial charge in [0.05, 0.1) is 0 Å². The first-order valence-corrected chi connectivity index (χ1v) is 1.60. The maximum absolute atomic E-state index is 3.88. The molecule has 0 spiro atoms. The molecule has 0 bridgehead atoms. The predicted octanol–water partition coefficient (Wildman–Crippen LogP) is 1.62. The Bertz CT molecular complexity index is 6.00. The van der Waals surface area contributed by atoms with Gasteiger partial charge in [0, 0.05) is 49.4 Å². The van der Waals surface area contributed by atoms with Crippen molar-refractivity contribution in [3.8, 4) is 0 Å². The molecule has 0 aliphatic heterocycles. The fourth-order valence-electron chi connectivity index (χ4n) is 0. The summed E-state index contributed by atoms with van der Waals surface area (Å²) in [6, 6.07) is 0. The molecule has 4 heavy (non-hydrogen) atoms. The zero-order valence-electron chi connectivity index (χ0n) is 1.54. The van der Waals surface area contributed by atoms with Gasteiger partial charge in [-0.2, -0.15) is 0 Å². The van der Waals surface area contributed by atoms with Crippen LogP contribution < -0.4 is 0 Å². The summed E-state index contributed by atoms with van der Waals surface area (Å²) in [6.45, 7) is 0. The zero-order chi connectivity index (χ0) is 2.71. The van der Waals surface area contributed by atoms with Crippen LogP contribution in [0.1, 0.15) is 0 Å². The molecule has 0 aromatic heterocycles. The quantitative estimate of drug-likeness (QED) is 0.657. The van der Waals surface area contributed by atoms with E-state index in [0.717, 1.165) is 0 Å². The van der Waals surface area contributed by atoms with Crippen molar-refractivity contribution >= 4 is 32.5 Å². The van der Waals surface area contributed by atoms with Crippen LogP contribution in [0.25, 0.3) is 0 Å². The third-order valence-electron chi connectivity index (χ3n) is 0. The molecule has 0 aromatic rings.